The number of rotatable bonds is 4. The molecule has 0 N–H and O–H groups in total. The maximum Gasteiger partial charge on any atom is 0.214 e. The van der Waals surface area contributed by atoms with Crippen LogP contribution in [0.1, 0.15) is 11.1 Å². The quantitative estimate of drug-likeness (QED) is 0.174. The van der Waals surface area contributed by atoms with Crippen LogP contribution in [0.25, 0.3) is 87.2 Å². The van der Waals surface area contributed by atoms with Crippen molar-refractivity contribution in [2.75, 3.05) is 0 Å². The van der Waals surface area contributed by atoms with Crippen molar-refractivity contribution in [3.63, 3.8) is 0 Å². The van der Waals surface area contributed by atoms with E-state index in [1.165, 1.54) is 98.4 Å². The third kappa shape index (κ3) is 3.76. The van der Waals surface area contributed by atoms with Crippen molar-refractivity contribution in [1.82, 2.24) is 18.3 Å². The topological polar surface area (TPSA) is 19.7 Å². The van der Waals surface area contributed by atoms with E-state index in [4.69, 9.17) is 0 Å². The summed E-state index contributed by atoms with van der Waals surface area (Å²) in [5.74, 6) is 0. The Morgan fingerprint density at radius 2 is 0.660 bits per heavy atom. The zero-order chi connectivity index (χ0) is 31.6. The molecule has 0 aliphatic rings. The molecule has 4 aromatic heterocycles. The van der Waals surface area contributed by atoms with Crippen molar-refractivity contribution in [3.05, 3.63) is 120 Å². The molecule has 0 aliphatic heterocycles. The fourth-order valence-electron chi connectivity index (χ4n) is 8.48. The van der Waals surface area contributed by atoms with E-state index < -0.39 is 0 Å². The van der Waals surface area contributed by atoms with Crippen LogP contribution in [0.4, 0.5) is 0 Å². The monoisotopic (exact) mass is 621 g/mol. The van der Waals surface area contributed by atoms with Crippen LogP contribution < -0.4 is 0 Å². The second-order valence-corrected chi connectivity index (χ2v) is 14.8. The lowest BCUT2D eigenvalue weighted by atomic mass is 10.1. The molecule has 0 saturated heterocycles. The summed E-state index contributed by atoms with van der Waals surface area (Å²) in [6.45, 7) is 0. The molecule has 4 nitrogen and oxygen atoms in total. The molecule has 10 aromatic rings. The average Bonchev–Trinajstić information content (AvgIpc) is 3.75. The Balaban J connectivity index is 0.987. The van der Waals surface area contributed by atoms with Gasteiger partial charge in [-0.2, -0.15) is 0 Å². The Labute approximate surface area is 278 Å². The smallest absolute Gasteiger partial charge is 0.214 e. The first kappa shape index (κ1) is 27.2. The molecule has 1 radical (unpaired) electrons. The van der Waals surface area contributed by atoms with Crippen LogP contribution in [0.2, 0.25) is 0 Å². The number of hydrogen-bond donors (Lipinski definition) is 0. The summed E-state index contributed by atoms with van der Waals surface area (Å²) >= 11 is 0.242. The molecular formula is C42H34AlN4. The Kier molecular flexibility index (Phi) is 5.66. The lowest BCUT2D eigenvalue weighted by molar-refractivity contribution is 1.01. The molecule has 0 atom stereocenters. The first-order valence-corrected chi connectivity index (χ1v) is 18.2. The number of aryl methyl sites for hydroxylation is 4. The van der Waals surface area contributed by atoms with E-state index in [1.54, 1.807) is 0 Å². The summed E-state index contributed by atoms with van der Waals surface area (Å²) in [5, 5.41) is 13.0. The number of hydrogen-bond acceptors (Lipinski definition) is 0. The molecule has 10 rings (SSSR count). The van der Waals surface area contributed by atoms with E-state index in [0.29, 0.717) is 0 Å². The van der Waals surface area contributed by atoms with Gasteiger partial charge in [-0.1, -0.05) is 82.4 Å². The fourth-order valence-corrected chi connectivity index (χ4v) is 9.79. The standard InChI is InChI=1S/2C21H17N2.Al/c2*1-13-8-9-19-15(10-13)17-12-20-16(11-21(17)23(19)3)14-6-4-5-7-18(14)22(20)2;/h2*4-12H,1H2,2-3H3;. The molecule has 0 unspecified atom stereocenters. The second kappa shape index (κ2) is 9.78. The molecule has 0 amide bonds. The molecule has 5 heteroatoms. The highest BCUT2D eigenvalue weighted by molar-refractivity contribution is 6.34. The zero-order valence-corrected chi connectivity index (χ0v) is 28.3. The first-order chi connectivity index (χ1) is 23.0. The largest absolute Gasteiger partial charge is 0.344 e. The van der Waals surface area contributed by atoms with Gasteiger partial charge in [-0.3, -0.25) is 0 Å². The summed E-state index contributed by atoms with van der Waals surface area (Å²) in [7, 11) is 8.80. The minimum absolute atomic E-state index is 0.242. The molecule has 0 fully saturated rings. The summed E-state index contributed by atoms with van der Waals surface area (Å²) in [5.41, 5.74) is 13.3. The van der Waals surface area contributed by atoms with E-state index in [9.17, 15) is 0 Å². The van der Waals surface area contributed by atoms with Crippen LogP contribution in [-0.2, 0) is 38.8 Å². The molecule has 47 heavy (non-hydrogen) atoms. The predicted octanol–water partition coefficient (Wildman–Crippen LogP) is 9.67. The van der Waals surface area contributed by atoms with E-state index in [-0.39, 0.29) is 15.2 Å². The highest BCUT2D eigenvalue weighted by atomic mass is 27.1. The van der Waals surface area contributed by atoms with Gasteiger partial charge in [0.05, 0.1) is 0 Å². The highest BCUT2D eigenvalue weighted by Crippen LogP contribution is 2.38. The molecule has 6 aromatic carbocycles. The van der Waals surface area contributed by atoms with Crippen molar-refractivity contribution in [3.8, 4) is 0 Å². The van der Waals surface area contributed by atoms with Gasteiger partial charge in [0.25, 0.3) is 0 Å². The van der Waals surface area contributed by atoms with Gasteiger partial charge in [-0.15, -0.1) is 0 Å². The van der Waals surface area contributed by atoms with Crippen molar-refractivity contribution in [1.29, 1.82) is 0 Å². The minimum Gasteiger partial charge on any atom is -0.344 e. The average molecular weight is 622 g/mol. The van der Waals surface area contributed by atoms with E-state index in [2.05, 4.69) is 156 Å². The normalized spacial score (nSPS) is 12.4. The summed E-state index contributed by atoms with van der Waals surface area (Å²) in [4.78, 5) is 0. The molecule has 225 valence electrons. The van der Waals surface area contributed by atoms with Gasteiger partial charge in [-0.05, 0) is 48.5 Å². The SMILES string of the molecule is Cn1c2ccccc2c2cc3c(cc21)c1cc([CH2][Al][CH2]c2ccc4c(c2)c2cc5c(cc2n4C)c2ccccc2n5C)ccc1n3C. The maximum absolute atomic E-state index is 2.46. The lowest BCUT2D eigenvalue weighted by Crippen LogP contribution is -2.02. The zero-order valence-electron chi connectivity index (χ0n) is 27.2. The Morgan fingerprint density at radius 3 is 1.06 bits per heavy atom. The third-order valence-electron chi connectivity index (χ3n) is 11.0. The van der Waals surface area contributed by atoms with Gasteiger partial charge >= 0.3 is 0 Å². The van der Waals surface area contributed by atoms with Gasteiger partial charge in [-0.25, -0.2) is 0 Å². The van der Waals surface area contributed by atoms with E-state index in [0.717, 1.165) is 10.6 Å². The van der Waals surface area contributed by atoms with Crippen molar-refractivity contribution in [2.24, 2.45) is 28.2 Å². The first-order valence-electron chi connectivity index (χ1n) is 16.5. The molecule has 4 heterocycles. The summed E-state index contributed by atoms with van der Waals surface area (Å²) in [6.07, 6.45) is 0. The minimum atomic E-state index is 0.242. The molecule has 0 aliphatic carbocycles. The predicted molar refractivity (Wildman–Crippen MR) is 202 cm³/mol. The van der Waals surface area contributed by atoms with Gasteiger partial charge in [0, 0.05) is 115 Å². The van der Waals surface area contributed by atoms with Crippen molar-refractivity contribution < 1.29 is 0 Å². The van der Waals surface area contributed by atoms with Crippen LogP contribution in [0.15, 0.2) is 109 Å². The number of aromatic nitrogens is 4. The second-order valence-electron chi connectivity index (χ2n) is 13.4. The molecule has 0 spiro atoms. The third-order valence-corrected chi connectivity index (χ3v) is 12.5. The number of para-hydroxylation sites is 2. The number of benzene rings is 6. The van der Waals surface area contributed by atoms with Gasteiger partial charge in [0.15, 0.2) is 0 Å². The van der Waals surface area contributed by atoms with E-state index >= 15 is 0 Å². The van der Waals surface area contributed by atoms with Crippen LogP contribution in [0, 0.1) is 0 Å². The Morgan fingerprint density at radius 1 is 0.340 bits per heavy atom. The summed E-state index contributed by atoms with van der Waals surface area (Å²) < 4.78 is 9.42. The van der Waals surface area contributed by atoms with Gasteiger partial charge < -0.3 is 18.3 Å². The van der Waals surface area contributed by atoms with Crippen LogP contribution in [0.5, 0.6) is 0 Å². The van der Waals surface area contributed by atoms with Gasteiger partial charge in [0.2, 0.25) is 15.2 Å². The van der Waals surface area contributed by atoms with Crippen LogP contribution >= 0.6 is 0 Å². The lowest BCUT2D eigenvalue weighted by Gasteiger charge is -2.04. The maximum atomic E-state index is 2.46. The van der Waals surface area contributed by atoms with Crippen molar-refractivity contribution in [2.45, 2.75) is 10.6 Å². The summed E-state index contributed by atoms with van der Waals surface area (Å²) in [6, 6.07) is 41.4. The molecular weight excluding hydrogens is 587 g/mol. The molecule has 0 saturated carbocycles. The van der Waals surface area contributed by atoms with E-state index in [1.807, 2.05) is 0 Å². The number of fused-ring (bicyclic) bond motifs is 12. The molecule has 0 bridgehead atoms. The van der Waals surface area contributed by atoms with Gasteiger partial charge in [0.1, 0.15) is 0 Å². The van der Waals surface area contributed by atoms with Crippen LogP contribution in [0.3, 0.4) is 0 Å². The van der Waals surface area contributed by atoms with Crippen LogP contribution in [-0.4, -0.2) is 33.5 Å². The van der Waals surface area contributed by atoms with Crippen molar-refractivity contribution >= 4 is 102 Å². The Bertz CT molecular complexity index is 2730. The number of nitrogens with zero attached hydrogens (tertiary/aromatic N) is 4. The fraction of sp³-hybridized carbons (Fsp3) is 0.143. The Hall–Kier alpha value is -4.95. The highest BCUT2D eigenvalue weighted by Gasteiger charge is 2.16.